The average Bonchev–Trinajstić information content (AvgIpc) is 2.93. The maximum Gasteiger partial charge on any atom is 0.274 e. The maximum atomic E-state index is 12.4. The van der Waals surface area contributed by atoms with Gasteiger partial charge in [0.1, 0.15) is 11.3 Å². The molecule has 6 heteroatoms. The van der Waals surface area contributed by atoms with Crippen molar-refractivity contribution in [2.45, 2.75) is 20.3 Å². The van der Waals surface area contributed by atoms with E-state index in [9.17, 15) is 4.79 Å². The van der Waals surface area contributed by atoms with Gasteiger partial charge in [-0.05, 0) is 25.1 Å². The van der Waals surface area contributed by atoms with Gasteiger partial charge in [-0.25, -0.2) is 4.98 Å². The van der Waals surface area contributed by atoms with Gasteiger partial charge in [0, 0.05) is 25.2 Å². The second-order valence-electron chi connectivity index (χ2n) is 5.91. The third-order valence-electron chi connectivity index (χ3n) is 4.50. The van der Waals surface area contributed by atoms with Crippen LogP contribution in [-0.2, 0) is 11.2 Å². The highest BCUT2D eigenvalue weighted by Crippen LogP contribution is 2.24. The number of benzene rings is 1. The molecule has 6 nitrogen and oxygen atoms in total. The first-order chi connectivity index (χ1) is 11.2. The molecule has 0 spiro atoms. The first-order valence-electron chi connectivity index (χ1n) is 8.05. The monoisotopic (exact) mass is 312 g/mol. The van der Waals surface area contributed by atoms with Gasteiger partial charge < -0.3 is 14.6 Å². The van der Waals surface area contributed by atoms with E-state index in [2.05, 4.69) is 33.9 Å². The van der Waals surface area contributed by atoms with Crippen LogP contribution in [0.1, 0.15) is 18.4 Å². The second kappa shape index (κ2) is 5.38. The van der Waals surface area contributed by atoms with Crippen molar-refractivity contribution in [1.82, 2.24) is 14.4 Å². The third kappa shape index (κ3) is 2.21. The molecule has 0 bridgehead atoms. The number of hydrogen-bond acceptors (Lipinski definition) is 4. The van der Waals surface area contributed by atoms with Crippen LogP contribution in [0.4, 0.5) is 5.69 Å². The third-order valence-corrected chi connectivity index (χ3v) is 4.50. The molecule has 0 radical (unpaired) electrons. The van der Waals surface area contributed by atoms with Gasteiger partial charge in [0.15, 0.2) is 0 Å². The number of morpholine rings is 1. The molecular formula is C17H20N4O2. The van der Waals surface area contributed by atoms with Crippen molar-refractivity contribution in [2.75, 3.05) is 31.2 Å². The van der Waals surface area contributed by atoms with E-state index in [1.165, 1.54) is 0 Å². The SMILES string of the molecule is CCc1nc(C)c2c(=O)[nH]c3ccc(N4CCOCC4)cc3n12. The summed E-state index contributed by atoms with van der Waals surface area (Å²) in [5.41, 5.74) is 4.34. The Balaban J connectivity index is 2.00. The number of aromatic nitrogens is 3. The lowest BCUT2D eigenvalue weighted by Crippen LogP contribution is -2.36. The number of ether oxygens (including phenoxy) is 1. The molecule has 3 heterocycles. The number of fused-ring (bicyclic) bond motifs is 3. The second-order valence-corrected chi connectivity index (χ2v) is 5.91. The van der Waals surface area contributed by atoms with Crippen LogP contribution in [0, 0.1) is 6.92 Å². The van der Waals surface area contributed by atoms with Crippen molar-refractivity contribution in [3.8, 4) is 0 Å². The van der Waals surface area contributed by atoms with E-state index in [-0.39, 0.29) is 5.56 Å². The zero-order chi connectivity index (χ0) is 16.0. The zero-order valence-corrected chi connectivity index (χ0v) is 13.4. The molecule has 0 amide bonds. The number of aryl methyl sites for hydroxylation is 2. The lowest BCUT2D eigenvalue weighted by molar-refractivity contribution is 0.122. The Morgan fingerprint density at radius 3 is 2.83 bits per heavy atom. The minimum atomic E-state index is -0.0821. The molecule has 1 N–H and O–H groups in total. The van der Waals surface area contributed by atoms with Gasteiger partial charge in [0.05, 0.1) is 29.9 Å². The minimum absolute atomic E-state index is 0.0821. The zero-order valence-electron chi connectivity index (χ0n) is 13.4. The van der Waals surface area contributed by atoms with Crippen LogP contribution in [0.25, 0.3) is 16.6 Å². The van der Waals surface area contributed by atoms with E-state index in [4.69, 9.17) is 4.74 Å². The fraction of sp³-hybridized carbons (Fsp3) is 0.412. The molecule has 1 aliphatic rings. The largest absolute Gasteiger partial charge is 0.378 e. The average molecular weight is 312 g/mol. The van der Waals surface area contributed by atoms with Gasteiger partial charge >= 0.3 is 0 Å². The fourth-order valence-corrected chi connectivity index (χ4v) is 3.36. The summed E-state index contributed by atoms with van der Waals surface area (Å²) in [6.07, 6.45) is 0.787. The lowest BCUT2D eigenvalue weighted by atomic mass is 10.2. The number of rotatable bonds is 2. The molecule has 3 aromatic rings. The number of imidazole rings is 1. The van der Waals surface area contributed by atoms with Crippen LogP contribution in [-0.4, -0.2) is 40.7 Å². The van der Waals surface area contributed by atoms with Crippen molar-refractivity contribution in [2.24, 2.45) is 0 Å². The molecule has 120 valence electrons. The Morgan fingerprint density at radius 2 is 2.09 bits per heavy atom. The van der Waals surface area contributed by atoms with Gasteiger partial charge in [-0.15, -0.1) is 0 Å². The number of nitrogens with zero attached hydrogens (tertiary/aromatic N) is 3. The maximum absolute atomic E-state index is 12.4. The number of hydrogen-bond donors (Lipinski definition) is 1. The Morgan fingerprint density at radius 1 is 1.30 bits per heavy atom. The number of nitrogens with one attached hydrogen (secondary N) is 1. The highest BCUT2D eigenvalue weighted by molar-refractivity contribution is 5.82. The molecule has 4 rings (SSSR count). The summed E-state index contributed by atoms with van der Waals surface area (Å²) in [5.74, 6) is 0.924. The van der Waals surface area contributed by atoms with Crippen LogP contribution in [0.15, 0.2) is 23.0 Å². The van der Waals surface area contributed by atoms with E-state index in [0.717, 1.165) is 61.0 Å². The van der Waals surface area contributed by atoms with Gasteiger partial charge in [-0.2, -0.15) is 0 Å². The smallest absolute Gasteiger partial charge is 0.274 e. The molecule has 1 fully saturated rings. The highest BCUT2D eigenvalue weighted by Gasteiger charge is 2.16. The molecule has 0 atom stereocenters. The molecule has 0 unspecified atom stereocenters. The standard InChI is InChI=1S/C17H20N4O2/c1-3-15-18-11(2)16-17(22)19-13-5-4-12(10-14(13)21(15)16)20-6-8-23-9-7-20/h4-5,10H,3,6-9H2,1-2H3,(H,19,22). The van der Waals surface area contributed by atoms with Crippen molar-refractivity contribution < 1.29 is 4.74 Å². The molecule has 1 saturated heterocycles. The number of aromatic amines is 1. The highest BCUT2D eigenvalue weighted by atomic mass is 16.5. The van der Waals surface area contributed by atoms with Crippen molar-refractivity contribution >= 4 is 22.2 Å². The van der Waals surface area contributed by atoms with E-state index in [1.807, 2.05) is 17.4 Å². The Hall–Kier alpha value is -2.34. The quantitative estimate of drug-likeness (QED) is 0.785. The summed E-state index contributed by atoms with van der Waals surface area (Å²) in [6.45, 7) is 7.24. The van der Waals surface area contributed by atoms with Gasteiger partial charge in [-0.3, -0.25) is 9.20 Å². The summed E-state index contributed by atoms with van der Waals surface area (Å²) >= 11 is 0. The first kappa shape index (κ1) is 14.3. The molecule has 2 aromatic heterocycles. The summed E-state index contributed by atoms with van der Waals surface area (Å²) < 4.78 is 7.44. The normalized spacial score (nSPS) is 15.7. The van der Waals surface area contributed by atoms with Gasteiger partial charge in [0.25, 0.3) is 5.56 Å². The van der Waals surface area contributed by atoms with Crippen LogP contribution in [0.2, 0.25) is 0 Å². The van der Waals surface area contributed by atoms with Crippen molar-refractivity contribution in [3.05, 3.63) is 40.1 Å². The Kier molecular flexibility index (Phi) is 3.34. The molecule has 1 aliphatic heterocycles. The van der Waals surface area contributed by atoms with Gasteiger partial charge in [-0.1, -0.05) is 6.92 Å². The predicted molar refractivity (Wildman–Crippen MR) is 90.5 cm³/mol. The van der Waals surface area contributed by atoms with Crippen molar-refractivity contribution in [3.63, 3.8) is 0 Å². The van der Waals surface area contributed by atoms with E-state index >= 15 is 0 Å². The lowest BCUT2D eigenvalue weighted by Gasteiger charge is -2.29. The number of anilines is 1. The molecule has 1 aromatic carbocycles. The van der Waals surface area contributed by atoms with Crippen molar-refractivity contribution in [1.29, 1.82) is 0 Å². The van der Waals surface area contributed by atoms with Crippen LogP contribution >= 0.6 is 0 Å². The van der Waals surface area contributed by atoms with Crippen LogP contribution in [0.3, 0.4) is 0 Å². The predicted octanol–water partition coefficient (Wildman–Crippen LogP) is 1.88. The van der Waals surface area contributed by atoms with E-state index in [1.54, 1.807) is 0 Å². The van der Waals surface area contributed by atoms with Crippen LogP contribution < -0.4 is 10.5 Å². The minimum Gasteiger partial charge on any atom is -0.378 e. The fourth-order valence-electron chi connectivity index (χ4n) is 3.36. The van der Waals surface area contributed by atoms with Crippen LogP contribution in [0.5, 0.6) is 0 Å². The van der Waals surface area contributed by atoms with E-state index in [0.29, 0.717) is 5.52 Å². The first-order valence-corrected chi connectivity index (χ1v) is 8.05. The summed E-state index contributed by atoms with van der Waals surface area (Å²) in [6, 6.07) is 6.18. The Bertz CT molecular complexity index is 935. The number of H-pyrrole nitrogens is 1. The van der Waals surface area contributed by atoms with E-state index < -0.39 is 0 Å². The summed E-state index contributed by atoms with van der Waals surface area (Å²) in [7, 11) is 0. The molecule has 0 aliphatic carbocycles. The topological polar surface area (TPSA) is 62.6 Å². The molecule has 0 saturated carbocycles. The molecule has 23 heavy (non-hydrogen) atoms. The summed E-state index contributed by atoms with van der Waals surface area (Å²) in [5, 5.41) is 0. The Labute approximate surface area is 133 Å². The summed E-state index contributed by atoms with van der Waals surface area (Å²) in [4.78, 5) is 22.3. The molecular weight excluding hydrogens is 292 g/mol. The van der Waals surface area contributed by atoms with Gasteiger partial charge in [0.2, 0.25) is 0 Å².